The molecule has 0 aromatic carbocycles. The summed E-state index contributed by atoms with van der Waals surface area (Å²) in [4.78, 5) is 4.86. The lowest BCUT2D eigenvalue weighted by atomic mass is 9.94. The quantitative estimate of drug-likeness (QED) is 0.359. The first-order valence-corrected chi connectivity index (χ1v) is 9.50. The molecule has 1 aliphatic carbocycles. The van der Waals surface area contributed by atoms with Gasteiger partial charge in [0.2, 0.25) is 0 Å². The van der Waals surface area contributed by atoms with Gasteiger partial charge >= 0.3 is 0 Å². The monoisotopic (exact) mass is 477 g/mol. The fourth-order valence-corrected chi connectivity index (χ4v) is 3.57. The normalized spacial score (nSPS) is 20.6. The highest BCUT2D eigenvalue weighted by molar-refractivity contribution is 14.0. The Hall–Kier alpha value is -0.800. The van der Waals surface area contributed by atoms with Crippen LogP contribution in [0.1, 0.15) is 44.3 Å². The van der Waals surface area contributed by atoms with E-state index in [1.54, 1.807) is 13.4 Å². The molecule has 3 rings (SSSR count). The number of nitrogens with one attached hydrogen (secondary N) is 2. The minimum Gasteiger partial charge on any atom is -0.469 e. The summed E-state index contributed by atoms with van der Waals surface area (Å²) in [5.74, 6) is 1.88. The van der Waals surface area contributed by atoms with Crippen molar-refractivity contribution in [2.75, 3.05) is 33.4 Å². The van der Waals surface area contributed by atoms with Crippen LogP contribution in [0.4, 0.5) is 0 Å². The van der Waals surface area contributed by atoms with Gasteiger partial charge in [0.25, 0.3) is 0 Å². The minimum absolute atomic E-state index is 0. The zero-order chi connectivity index (χ0) is 17.4. The number of halogens is 1. The van der Waals surface area contributed by atoms with Gasteiger partial charge in [-0.05, 0) is 25.0 Å². The van der Waals surface area contributed by atoms with Gasteiger partial charge in [0.15, 0.2) is 5.96 Å². The van der Waals surface area contributed by atoms with E-state index in [2.05, 4.69) is 10.6 Å². The van der Waals surface area contributed by atoms with Gasteiger partial charge in [-0.25, -0.2) is 0 Å². The molecule has 1 aliphatic heterocycles. The standard InChI is InChI=1S/C19H31N3O3.HI/c1-23-19(9-13-24-14-10-19)15-21-18(22-16-5-2-3-6-16)20-11-8-17-7-4-12-25-17;/h4,7,12,16H,2-3,5-6,8-11,13-15H2,1H3,(H2,20,21,22);1H. The van der Waals surface area contributed by atoms with Gasteiger partial charge in [-0.1, -0.05) is 12.8 Å². The molecule has 1 aromatic heterocycles. The molecule has 148 valence electrons. The van der Waals surface area contributed by atoms with Crippen LogP contribution in [0.3, 0.4) is 0 Å². The van der Waals surface area contributed by atoms with Crippen molar-refractivity contribution in [3.05, 3.63) is 24.2 Å². The molecule has 26 heavy (non-hydrogen) atoms. The van der Waals surface area contributed by atoms with Gasteiger partial charge in [0, 0.05) is 52.2 Å². The van der Waals surface area contributed by atoms with Crippen molar-refractivity contribution in [1.29, 1.82) is 0 Å². The first kappa shape index (κ1) is 21.5. The third-order valence-corrected chi connectivity index (χ3v) is 5.30. The maximum Gasteiger partial charge on any atom is 0.191 e. The lowest BCUT2D eigenvalue weighted by molar-refractivity contribution is -0.0828. The molecule has 1 saturated carbocycles. The first-order valence-electron chi connectivity index (χ1n) is 9.50. The van der Waals surface area contributed by atoms with Crippen molar-refractivity contribution in [2.45, 2.75) is 56.6 Å². The molecule has 6 nitrogen and oxygen atoms in total. The van der Waals surface area contributed by atoms with Crippen LogP contribution in [0.2, 0.25) is 0 Å². The number of furan rings is 1. The van der Waals surface area contributed by atoms with Crippen molar-refractivity contribution in [1.82, 2.24) is 10.6 Å². The summed E-state index contributed by atoms with van der Waals surface area (Å²) in [6.07, 6.45) is 9.42. The summed E-state index contributed by atoms with van der Waals surface area (Å²) in [6.45, 7) is 2.96. The SMILES string of the molecule is COC1(CN=C(NCCc2ccco2)NC2CCCC2)CCOCC1.I. The van der Waals surface area contributed by atoms with Crippen LogP contribution in [0, 0.1) is 0 Å². The van der Waals surface area contributed by atoms with Gasteiger partial charge in [-0.15, -0.1) is 24.0 Å². The molecule has 0 radical (unpaired) electrons. The molecule has 2 heterocycles. The van der Waals surface area contributed by atoms with Crippen LogP contribution in [0.15, 0.2) is 27.8 Å². The third kappa shape index (κ3) is 6.42. The molecule has 1 saturated heterocycles. The van der Waals surface area contributed by atoms with Gasteiger partial charge in [-0.2, -0.15) is 0 Å². The second-order valence-electron chi connectivity index (χ2n) is 7.05. The first-order chi connectivity index (χ1) is 12.3. The van der Waals surface area contributed by atoms with Gasteiger partial charge in [0.05, 0.1) is 18.4 Å². The number of aliphatic imine (C=N–C) groups is 1. The average Bonchev–Trinajstić information content (AvgIpc) is 3.34. The average molecular weight is 477 g/mol. The molecule has 7 heteroatoms. The number of rotatable bonds is 7. The van der Waals surface area contributed by atoms with Crippen LogP contribution >= 0.6 is 24.0 Å². The van der Waals surface area contributed by atoms with E-state index in [1.807, 2.05) is 12.1 Å². The van der Waals surface area contributed by atoms with E-state index in [0.29, 0.717) is 12.6 Å². The number of methoxy groups -OCH3 is 1. The van der Waals surface area contributed by atoms with Gasteiger partial charge < -0.3 is 24.5 Å². The number of hydrogen-bond donors (Lipinski definition) is 2. The molecule has 2 aliphatic rings. The van der Waals surface area contributed by atoms with E-state index >= 15 is 0 Å². The van der Waals surface area contributed by atoms with E-state index in [9.17, 15) is 0 Å². The maximum absolute atomic E-state index is 5.80. The summed E-state index contributed by atoms with van der Waals surface area (Å²) < 4.78 is 16.7. The van der Waals surface area contributed by atoms with Crippen molar-refractivity contribution in [2.24, 2.45) is 4.99 Å². The van der Waals surface area contributed by atoms with Crippen LogP contribution in [0.25, 0.3) is 0 Å². The number of hydrogen-bond acceptors (Lipinski definition) is 4. The molecule has 0 amide bonds. The molecule has 0 bridgehead atoms. The summed E-state index contributed by atoms with van der Waals surface area (Å²) in [6, 6.07) is 4.46. The van der Waals surface area contributed by atoms with E-state index in [0.717, 1.165) is 50.7 Å². The lowest BCUT2D eigenvalue weighted by Gasteiger charge is -2.34. The Kier molecular flexibility index (Phi) is 9.21. The summed E-state index contributed by atoms with van der Waals surface area (Å²) in [5.41, 5.74) is -0.191. The molecule has 1 aromatic rings. The van der Waals surface area contributed by atoms with Crippen LogP contribution < -0.4 is 10.6 Å². The van der Waals surface area contributed by atoms with Crippen molar-refractivity contribution in [3.8, 4) is 0 Å². The Morgan fingerprint density at radius 2 is 2.08 bits per heavy atom. The predicted octanol–water partition coefficient (Wildman–Crippen LogP) is 3.11. The smallest absolute Gasteiger partial charge is 0.191 e. The summed E-state index contributed by atoms with van der Waals surface area (Å²) in [7, 11) is 1.79. The topological polar surface area (TPSA) is 68.0 Å². The van der Waals surface area contributed by atoms with Crippen LogP contribution in [0.5, 0.6) is 0 Å². The Balaban J connectivity index is 0.00000243. The lowest BCUT2D eigenvalue weighted by Crippen LogP contribution is -2.46. The van der Waals surface area contributed by atoms with Crippen LogP contribution in [-0.2, 0) is 15.9 Å². The number of nitrogens with zero attached hydrogens (tertiary/aromatic N) is 1. The molecule has 0 atom stereocenters. The molecule has 2 fully saturated rings. The maximum atomic E-state index is 5.80. The number of guanidine groups is 1. The number of ether oxygens (including phenoxy) is 2. The highest BCUT2D eigenvalue weighted by Crippen LogP contribution is 2.25. The van der Waals surface area contributed by atoms with Crippen molar-refractivity contribution in [3.63, 3.8) is 0 Å². The zero-order valence-corrected chi connectivity index (χ0v) is 18.0. The van der Waals surface area contributed by atoms with E-state index < -0.39 is 0 Å². The molecular weight excluding hydrogens is 445 g/mol. The Bertz CT molecular complexity index is 524. The van der Waals surface area contributed by atoms with E-state index in [1.165, 1.54) is 25.7 Å². The highest BCUT2D eigenvalue weighted by atomic mass is 127. The van der Waals surface area contributed by atoms with Crippen molar-refractivity contribution >= 4 is 29.9 Å². The zero-order valence-electron chi connectivity index (χ0n) is 15.7. The van der Waals surface area contributed by atoms with Crippen LogP contribution in [-0.4, -0.2) is 51.0 Å². The molecule has 0 spiro atoms. The minimum atomic E-state index is -0.191. The Morgan fingerprint density at radius 3 is 2.73 bits per heavy atom. The van der Waals surface area contributed by atoms with Gasteiger partial charge in [-0.3, -0.25) is 4.99 Å². The second kappa shape index (κ2) is 11.1. The fourth-order valence-electron chi connectivity index (χ4n) is 3.57. The predicted molar refractivity (Wildman–Crippen MR) is 113 cm³/mol. The fraction of sp³-hybridized carbons (Fsp3) is 0.737. The van der Waals surface area contributed by atoms with E-state index in [4.69, 9.17) is 18.9 Å². The largest absolute Gasteiger partial charge is 0.469 e. The molecule has 2 N–H and O–H groups in total. The molecular formula is C19H32IN3O3. The Labute approximate surface area is 173 Å². The summed E-state index contributed by atoms with van der Waals surface area (Å²) in [5, 5.41) is 7.06. The van der Waals surface area contributed by atoms with Gasteiger partial charge in [0.1, 0.15) is 5.76 Å². The Morgan fingerprint density at radius 1 is 1.31 bits per heavy atom. The molecule has 0 unspecified atom stereocenters. The van der Waals surface area contributed by atoms with Crippen molar-refractivity contribution < 1.29 is 13.9 Å². The van der Waals surface area contributed by atoms with E-state index in [-0.39, 0.29) is 29.6 Å². The second-order valence-corrected chi connectivity index (χ2v) is 7.05. The summed E-state index contributed by atoms with van der Waals surface area (Å²) >= 11 is 0. The third-order valence-electron chi connectivity index (χ3n) is 5.30. The highest BCUT2D eigenvalue weighted by Gasteiger charge is 2.32.